The minimum absolute atomic E-state index is 0.113. The summed E-state index contributed by atoms with van der Waals surface area (Å²) in [5.41, 5.74) is 11.9. The fourth-order valence-electron chi connectivity index (χ4n) is 2.15. The van der Waals surface area contributed by atoms with E-state index in [-0.39, 0.29) is 11.4 Å². The van der Waals surface area contributed by atoms with Crippen LogP contribution in [0.5, 0.6) is 0 Å². The van der Waals surface area contributed by atoms with Gasteiger partial charge in [0, 0.05) is 23.3 Å². The number of anilines is 2. The number of rotatable bonds is 4. The van der Waals surface area contributed by atoms with Crippen LogP contribution in [-0.2, 0) is 4.79 Å². The molecule has 0 heterocycles. The smallest absolute Gasteiger partial charge is 0.316 e. The first kappa shape index (κ1) is 13.4. The summed E-state index contributed by atoms with van der Waals surface area (Å²) >= 11 is 0. The van der Waals surface area contributed by atoms with Gasteiger partial charge in [-0.25, -0.2) is 4.79 Å². The Morgan fingerprint density at radius 1 is 1.21 bits per heavy atom. The van der Waals surface area contributed by atoms with Crippen LogP contribution in [0.2, 0.25) is 0 Å². The molecule has 0 radical (unpaired) electrons. The van der Waals surface area contributed by atoms with Gasteiger partial charge < -0.3 is 22.1 Å². The standard InChI is InChI=1S/C13H18N4O2/c14-12(19)17-10-4-1-3-9(7-10)16-11(18)8-13(15)5-2-6-13/h1,3-4,7H,2,5-6,8,15H2,(H,16,18)(H3,14,17,19). The largest absolute Gasteiger partial charge is 0.351 e. The lowest BCUT2D eigenvalue weighted by atomic mass is 9.75. The van der Waals surface area contributed by atoms with Crippen molar-refractivity contribution in [2.75, 3.05) is 10.6 Å². The molecule has 6 N–H and O–H groups in total. The van der Waals surface area contributed by atoms with Crippen LogP contribution in [-0.4, -0.2) is 17.5 Å². The predicted octanol–water partition coefficient (Wildman–Crippen LogP) is 1.39. The van der Waals surface area contributed by atoms with Crippen molar-refractivity contribution >= 4 is 23.3 Å². The normalized spacial score (nSPS) is 16.3. The van der Waals surface area contributed by atoms with Crippen LogP contribution in [0.4, 0.5) is 16.2 Å². The minimum atomic E-state index is -0.640. The molecule has 2 rings (SSSR count). The predicted molar refractivity (Wildman–Crippen MR) is 73.7 cm³/mol. The molecule has 0 saturated heterocycles. The van der Waals surface area contributed by atoms with E-state index >= 15 is 0 Å². The van der Waals surface area contributed by atoms with E-state index in [0.29, 0.717) is 17.8 Å². The zero-order valence-electron chi connectivity index (χ0n) is 10.6. The second kappa shape index (κ2) is 5.27. The molecule has 0 aliphatic heterocycles. The molecule has 1 aromatic rings. The topological polar surface area (TPSA) is 110 Å². The first-order chi connectivity index (χ1) is 8.97. The molecule has 1 aromatic carbocycles. The number of primary amides is 1. The molecule has 1 fully saturated rings. The lowest BCUT2D eigenvalue weighted by molar-refractivity contribution is -0.118. The van der Waals surface area contributed by atoms with Gasteiger partial charge in [0.05, 0.1) is 0 Å². The number of amides is 3. The van der Waals surface area contributed by atoms with Crippen LogP contribution in [0.15, 0.2) is 24.3 Å². The molecule has 3 amide bonds. The van der Waals surface area contributed by atoms with E-state index in [1.165, 1.54) is 0 Å². The third kappa shape index (κ3) is 3.69. The molecule has 1 saturated carbocycles. The fraction of sp³-hybridized carbons (Fsp3) is 0.385. The summed E-state index contributed by atoms with van der Waals surface area (Å²) in [7, 11) is 0. The molecule has 1 aliphatic carbocycles. The Kier molecular flexibility index (Phi) is 3.71. The second-order valence-corrected chi connectivity index (χ2v) is 5.01. The highest BCUT2D eigenvalue weighted by atomic mass is 16.2. The molecule has 19 heavy (non-hydrogen) atoms. The highest BCUT2D eigenvalue weighted by Gasteiger charge is 2.34. The average Bonchev–Trinajstić information content (AvgIpc) is 2.26. The number of urea groups is 1. The van der Waals surface area contributed by atoms with E-state index in [0.717, 1.165) is 19.3 Å². The molecule has 6 heteroatoms. The highest BCUT2D eigenvalue weighted by molar-refractivity contribution is 5.93. The van der Waals surface area contributed by atoms with Crippen LogP contribution >= 0.6 is 0 Å². The van der Waals surface area contributed by atoms with E-state index < -0.39 is 6.03 Å². The molecule has 0 atom stereocenters. The van der Waals surface area contributed by atoms with Crippen molar-refractivity contribution in [2.45, 2.75) is 31.2 Å². The van der Waals surface area contributed by atoms with E-state index in [9.17, 15) is 9.59 Å². The van der Waals surface area contributed by atoms with Gasteiger partial charge in [-0.3, -0.25) is 4.79 Å². The van der Waals surface area contributed by atoms with Crippen molar-refractivity contribution in [1.29, 1.82) is 0 Å². The molecule has 6 nitrogen and oxygen atoms in total. The van der Waals surface area contributed by atoms with Gasteiger partial charge in [0.1, 0.15) is 0 Å². The maximum Gasteiger partial charge on any atom is 0.316 e. The van der Waals surface area contributed by atoms with Crippen LogP contribution in [0, 0.1) is 0 Å². The fourth-order valence-corrected chi connectivity index (χ4v) is 2.15. The SMILES string of the molecule is NC(=O)Nc1cccc(NC(=O)CC2(N)CCC2)c1. The summed E-state index contributed by atoms with van der Waals surface area (Å²) < 4.78 is 0. The first-order valence-electron chi connectivity index (χ1n) is 6.22. The summed E-state index contributed by atoms with van der Waals surface area (Å²) in [6, 6.07) is 6.17. The van der Waals surface area contributed by atoms with Gasteiger partial charge in [-0.05, 0) is 37.5 Å². The summed E-state index contributed by atoms with van der Waals surface area (Å²) in [5, 5.41) is 5.22. The van der Waals surface area contributed by atoms with Gasteiger partial charge in [-0.2, -0.15) is 0 Å². The summed E-state index contributed by atoms with van der Waals surface area (Å²) in [4.78, 5) is 22.6. The zero-order valence-corrected chi connectivity index (χ0v) is 10.6. The molecule has 0 spiro atoms. The summed E-state index contributed by atoms with van der Waals surface area (Å²) in [5.74, 6) is -0.113. The molecule has 102 valence electrons. The second-order valence-electron chi connectivity index (χ2n) is 5.01. The van der Waals surface area contributed by atoms with Crippen molar-refractivity contribution in [3.8, 4) is 0 Å². The first-order valence-corrected chi connectivity index (χ1v) is 6.22. The van der Waals surface area contributed by atoms with Crippen LogP contribution in [0.1, 0.15) is 25.7 Å². The van der Waals surface area contributed by atoms with E-state index in [1.54, 1.807) is 24.3 Å². The Hall–Kier alpha value is -2.08. The van der Waals surface area contributed by atoms with Crippen molar-refractivity contribution in [1.82, 2.24) is 0 Å². The molecular formula is C13H18N4O2. The number of nitrogens with two attached hydrogens (primary N) is 2. The molecular weight excluding hydrogens is 244 g/mol. The van der Waals surface area contributed by atoms with Crippen molar-refractivity contribution in [2.24, 2.45) is 11.5 Å². The van der Waals surface area contributed by atoms with E-state index in [1.807, 2.05) is 0 Å². The van der Waals surface area contributed by atoms with Crippen molar-refractivity contribution in [3.63, 3.8) is 0 Å². The van der Waals surface area contributed by atoms with E-state index in [4.69, 9.17) is 11.5 Å². The number of benzene rings is 1. The third-order valence-electron chi connectivity index (χ3n) is 3.28. The Labute approximate surface area is 111 Å². The molecule has 0 unspecified atom stereocenters. The van der Waals surface area contributed by atoms with Gasteiger partial charge in [-0.1, -0.05) is 6.07 Å². The monoisotopic (exact) mass is 262 g/mol. The van der Waals surface area contributed by atoms with Gasteiger partial charge in [0.25, 0.3) is 0 Å². The molecule has 1 aliphatic rings. The van der Waals surface area contributed by atoms with Gasteiger partial charge in [0.2, 0.25) is 5.91 Å². The number of hydrogen-bond donors (Lipinski definition) is 4. The van der Waals surface area contributed by atoms with Gasteiger partial charge in [0.15, 0.2) is 0 Å². The van der Waals surface area contributed by atoms with Crippen LogP contribution < -0.4 is 22.1 Å². The number of carbonyl (C=O) groups excluding carboxylic acids is 2. The Morgan fingerprint density at radius 3 is 2.37 bits per heavy atom. The third-order valence-corrected chi connectivity index (χ3v) is 3.28. The zero-order chi connectivity index (χ0) is 13.9. The number of nitrogens with one attached hydrogen (secondary N) is 2. The Morgan fingerprint density at radius 2 is 1.84 bits per heavy atom. The summed E-state index contributed by atoms with van der Waals surface area (Å²) in [6.07, 6.45) is 3.19. The lowest BCUT2D eigenvalue weighted by Gasteiger charge is -2.37. The average molecular weight is 262 g/mol. The molecule has 0 bridgehead atoms. The molecule has 0 aromatic heterocycles. The van der Waals surface area contributed by atoms with Crippen molar-refractivity contribution in [3.05, 3.63) is 24.3 Å². The lowest BCUT2D eigenvalue weighted by Crippen LogP contribution is -2.48. The van der Waals surface area contributed by atoms with Crippen LogP contribution in [0.3, 0.4) is 0 Å². The number of hydrogen-bond acceptors (Lipinski definition) is 3. The highest BCUT2D eigenvalue weighted by Crippen LogP contribution is 2.32. The minimum Gasteiger partial charge on any atom is -0.351 e. The van der Waals surface area contributed by atoms with Crippen LogP contribution in [0.25, 0.3) is 0 Å². The Balaban J connectivity index is 1.94. The number of carbonyl (C=O) groups is 2. The summed E-state index contributed by atoms with van der Waals surface area (Å²) in [6.45, 7) is 0. The maximum atomic E-state index is 11.9. The Bertz CT molecular complexity index is 497. The van der Waals surface area contributed by atoms with E-state index in [2.05, 4.69) is 10.6 Å². The quantitative estimate of drug-likeness (QED) is 0.658. The van der Waals surface area contributed by atoms with Gasteiger partial charge in [-0.15, -0.1) is 0 Å². The maximum absolute atomic E-state index is 11.9. The van der Waals surface area contributed by atoms with Gasteiger partial charge >= 0.3 is 6.03 Å². The van der Waals surface area contributed by atoms with Crippen molar-refractivity contribution < 1.29 is 9.59 Å².